The maximum atomic E-state index is 11.9. The number of nitrogens with two attached hydrogens (primary N) is 1. The van der Waals surface area contributed by atoms with Crippen molar-refractivity contribution >= 4 is 17.4 Å². The maximum Gasteiger partial charge on any atom is 0.225 e. The molecule has 1 amide bonds. The molecular weight excluding hydrogens is 228 g/mol. The van der Waals surface area contributed by atoms with Gasteiger partial charge >= 0.3 is 0 Å². The van der Waals surface area contributed by atoms with Gasteiger partial charge in [0.1, 0.15) is 5.82 Å². The molecule has 5 heteroatoms. The van der Waals surface area contributed by atoms with Crippen molar-refractivity contribution in [3.8, 4) is 0 Å². The van der Waals surface area contributed by atoms with Crippen molar-refractivity contribution in [2.45, 2.75) is 25.3 Å². The van der Waals surface area contributed by atoms with Gasteiger partial charge in [0, 0.05) is 26.1 Å². The van der Waals surface area contributed by atoms with Gasteiger partial charge in [-0.05, 0) is 31.4 Å². The van der Waals surface area contributed by atoms with Gasteiger partial charge in [0.25, 0.3) is 0 Å². The number of nitrogens with one attached hydrogen (secondary N) is 1. The fourth-order valence-electron chi connectivity index (χ4n) is 2.40. The summed E-state index contributed by atoms with van der Waals surface area (Å²) in [6.45, 7) is 0. The minimum atomic E-state index is 0.145. The summed E-state index contributed by atoms with van der Waals surface area (Å²) in [7, 11) is 3.62. The van der Waals surface area contributed by atoms with E-state index < -0.39 is 0 Å². The van der Waals surface area contributed by atoms with Gasteiger partial charge in [0.05, 0.1) is 11.9 Å². The molecule has 18 heavy (non-hydrogen) atoms. The van der Waals surface area contributed by atoms with Crippen LogP contribution >= 0.6 is 0 Å². The molecule has 0 unspecified atom stereocenters. The Morgan fingerprint density at radius 2 is 2.22 bits per heavy atom. The number of hydrogen-bond acceptors (Lipinski definition) is 4. The molecule has 3 N–H and O–H groups in total. The third-order valence-corrected chi connectivity index (χ3v) is 3.36. The van der Waals surface area contributed by atoms with Crippen LogP contribution in [0.5, 0.6) is 0 Å². The molecule has 0 aromatic carbocycles. The van der Waals surface area contributed by atoms with Gasteiger partial charge in [-0.1, -0.05) is 0 Å². The van der Waals surface area contributed by atoms with Gasteiger partial charge in [-0.15, -0.1) is 0 Å². The van der Waals surface area contributed by atoms with Gasteiger partial charge in [0.2, 0.25) is 5.91 Å². The molecule has 98 valence electrons. The van der Waals surface area contributed by atoms with Gasteiger partial charge < -0.3 is 16.0 Å². The summed E-state index contributed by atoms with van der Waals surface area (Å²) in [5, 5.41) is 3.35. The molecule has 1 heterocycles. The van der Waals surface area contributed by atoms with E-state index in [2.05, 4.69) is 10.3 Å². The number of amides is 1. The van der Waals surface area contributed by atoms with Gasteiger partial charge in [0.15, 0.2) is 0 Å². The lowest BCUT2D eigenvalue weighted by Crippen LogP contribution is -2.29. The number of rotatable bonds is 3. The first-order valence-corrected chi connectivity index (χ1v) is 6.25. The molecule has 0 radical (unpaired) electrons. The Labute approximate surface area is 107 Å². The Morgan fingerprint density at radius 1 is 1.44 bits per heavy atom. The second kappa shape index (κ2) is 5.25. The topological polar surface area (TPSA) is 71.2 Å². The summed E-state index contributed by atoms with van der Waals surface area (Å²) >= 11 is 0. The molecule has 5 nitrogen and oxygen atoms in total. The first-order chi connectivity index (χ1) is 8.56. The quantitative estimate of drug-likeness (QED) is 0.846. The second-order valence-electron chi connectivity index (χ2n) is 5.06. The van der Waals surface area contributed by atoms with Crippen LogP contribution in [0.2, 0.25) is 0 Å². The number of nitrogens with zero attached hydrogens (tertiary/aromatic N) is 2. The Kier molecular flexibility index (Phi) is 3.69. The van der Waals surface area contributed by atoms with Gasteiger partial charge in [-0.25, -0.2) is 4.98 Å². The Morgan fingerprint density at radius 3 is 2.83 bits per heavy atom. The highest BCUT2D eigenvalue weighted by Crippen LogP contribution is 2.28. The van der Waals surface area contributed by atoms with Crippen LogP contribution in [0.4, 0.5) is 11.5 Å². The minimum Gasteiger partial charge on any atom is -0.397 e. The van der Waals surface area contributed by atoms with Gasteiger partial charge in [-0.2, -0.15) is 0 Å². The van der Waals surface area contributed by atoms with Crippen LogP contribution in [0.25, 0.3) is 0 Å². The smallest absolute Gasteiger partial charge is 0.225 e. The molecule has 1 saturated carbocycles. The summed E-state index contributed by atoms with van der Waals surface area (Å²) in [5.74, 6) is 1.20. The van der Waals surface area contributed by atoms with Crippen molar-refractivity contribution in [2.75, 3.05) is 25.1 Å². The van der Waals surface area contributed by atoms with Crippen molar-refractivity contribution in [3.05, 3.63) is 18.3 Å². The second-order valence-corrected chi connectivity index (χ2v) is 5.06. The maximum absolute atomic E-state index is 11.9. The van der Waals surface area contributed by atoms with Crippen LogP contribution in [0.1, 0.15) is 19.3 Å². The highest BCUT2D eigenvalue weighted by Gasteiger charge is 2.30. The molecule has 1 aliphatic rings. The lowest BCUT2D eigenvalue weighted by Gasteiger charge is -2.17. The number of carbonyl (C=O) groups excluding carboxylic acids is 1. The van der Waals surface area contributed by atoms with E-state index in [1.54, 1.807) is 11.1 Å². The fourth-order valence-corrected chi connectivity index (χ4v) is 2.40. The van der Waals surface area contributed by atoms with Crippen LogP contribution in [-0.4, -0.2) is 35.9 Å². The monoisotopic (exact) mass is 248 g/mol. The van der Waals surface area contributed by atoms with E-state index in [4.69, 9.17) is 5.73 Å². The van der Waals surface area contributed by atoms with Crippen molar-refractivity contribution in [1.29, 1.82) is 0 Å². The normalized spacial score (nSPS) is 22.8. The SMILES string of the molecule is CN(C)C(=O)[C@H]1CC[C@H](Nc2ccc(N)cn2)C1. The zero-order valence-electron chi connectivity index (χ0n) is 10.9. The third-order valence-electron chi connectivity index (χ3n) is 3.36. The predicted octanol–water partition coefficient (Wildman–Crippen LogP) is 1.33. The summed E-state index contributed by atoms with van der Waals surface area (Å²) in [4.78, 5) is 17.7. The molecule has 1 fully saturated rings. The zero-order chi connectivity index (χ0) is 13.1. The van der Waals surface area contributed by atoms with Gasteiger partial charge in [-0.3, -0.25) is 4.79 Å². The van der Waals surface area contributed by atoms with E-state index in [-0.39, 0.29) is 11.8 Å². The number of aromatic nitrogens is 1. The number of carbonyl (C=O) groups is 1. The number of hydrogen-bond donors (Lipinski definition) is 2. The first-order valence-electron chi connectivity index (χ1n) is 6.25. The van der Waals surface area contributed by atoms with Crippen molar-refractivity contribution in [2.24, 2.45) is 5.92 Å². The summed E-state index contributed by atoms with van der Waals surface area (Å²) < 4.78 is 0. The first kappa shape index (κ1) is 12.7. The molecule has 1 aliphatic carbocycles. The third kappa shape index (κ3) is 2.91. The summed E-state index contributed by atoms with van der Waals surface area (Å²) in [5.41, 5.74) is 6.25. The van der Waals surface area contributed by atoms with E-state index in [0.29, 0.717) is 11.7 Å². The summed E-state index contributed by atoms with van der Waals surface area (Å²) in [6.07, 6.45) is 4.47. The fraction of sp³-hybridized carbons (Fsp3) is 0.538. The van der Waals surface area contributed by atoms with Crippen LogP contribution in [-0.2, 0) is 4.79 Å². The molecule has 0 bridgehead atoms. The predicted molar refractivity (Wildman–Crippen MR) is 72.1 cm³/mol. The lowest BCUT2D eigenvalue weighted by molar-refractivity contribution is -0.132. The van der Waals surface area contributed by atoms with Crippen LogP contribution < -0.4 is 11.1 Å². The highest BCUT2D eigenvalue weighted by molar-refractivity contribution is 5.78. The minimum absolute atomic E-state index is 0.145. The largest absolute Gasteiger partial charge is 0.397 e. The number of nitrogen functional groups attached to an aromatic ring is 1. The van der Waals surface area contributed by atoms with E-state index in [9.17, 15) is 4.79 Å². The molecule has 0 aliphatic heterocycles. The molecule has 2 rings (SSSR count). The lowest BCUT2D eigenvalue weighted by atomic mass is 10.1. The van der Waals surface area contributed by atoms with E-state index >= 15 is 0 Å². The molecule has 1 aromatic rings. The molecular formula is C13H20N4O. The average molecular weight is 248 g/mol. The zero-order valence-corrected chi connectivity index (χ0v) is 10.9. The van der Waals surface area contributed by atoms with Crippen LogP contribution in [0.15, 0.2) is 18.3 Å². The number of anilines is 2. The van der Waals surface area contributed by atoms with Crippen molar-refractivity contribution < 1.29 is 4.79 Å². The van der Waals surface area contributed by atoms with Crippen LogP contribution in [0.3, 0.4) is 0 Å². The standard InChI is InChI=1S/C13H20N4O/c1-17(2)13(18)9-3-5-11(7-9)16-12-6-4-10(14)8-15-12/h4,6,8-9,11H,3,5,7,14H2,1-2H3,(H,15,16)/t9-,11-/m0/s1. The molecule has 0 spiro atoms. The molecule has 2 atom stereocenters. The Bertz CT molecular complexity index is 416. The van der Waals surface area contributed by atoms with E-state index in [1.807, 2.05) is 26.2 Å². The summed E-state index contributed by atoms with van der Waals surface area (Å²) in [6, 6.07) is 4.03. The van der Waals surface area contributed by atoms with E-state index in [1.165, 1.54) is 0 Å². The van der Waals surface area contributed by atoms with E-state index in [0.717, 1.165) is 25.1 Å². The van der Waals surface area contributed by atoms with Crippen LogP contribution in [0, 0.1) is 5.92 Å². The molecule has 0 saturated heterocycles. The van der Waals surface area contributed by atoms with Crippen molar-refractivity contribution in [1.82, 2.24) is 9.88 Å². The molecule has 1 aromatic heterocycles. The Hall–Kier alpha value is -1.78. The van der Waals surface area contributed by atoms with Crippen molar-refractivity contribution in [3.63, 3.8) is 0 Å². The highest BCUT2D eigenvalue weighted by atomic mass is 16.2. The average Bonchev–Trinajstić information content (AvgIpc) is 2.79. The number of pyridine rings is 1. The Balaban J connectivity index is 1.90.